The van der Waals surface area contributed by atoms with E-state index in [1.54, 1.807) is 34.8 Å². The molecule has 1 amide bonds. The number of hydrogen-bond acceptors (Lipinski definition) is 6. The van der Waals surface area contributed by atoms with E-state index in [1.807, 2.05) is 29.0 Å². The minimum absolute atomic E-state index is 0.274. The van der Waals surface area contributed by atoms with E-state index in [-0.39, 0.29) is 11.7 Å². The Morgan fingerprint density at radius 2 is 1.83 bits per heavy atom. The molecule has 0 atom stereocenters. The van der Waals surface area contributed by atoms with E-state index in [2.05, 4.69) is 16.4 Å². The molecule has 0 bridgehead atoms. The lowest BCUT2D eigenvalue weighted by atomic mass is 10.3. The predicted octanol–water partition coefficient (Wildman–Crippen LogP) is 5.45. The summed E-state index contributed by atoms with van der Waals surface area (Å²) in [5.41, 5.74) is 0.905. The van der Waals surface area contributed by atoms with Gasteiger partial charge in [-0.2, -0.15) is 0 Å². The summed E-state index contributed by atoms with van der Waals surface area (Å²) in [7, 11) is 0. The van der Waals surface area contributed by atoms with Crippen molar-refractivity contribution in [1.82, 2.24) is 4.98 Å². The van der Waals surface area contributed by atoms with E-state index < -0.39 is 0 Å². The molecule has 23 heavy (non-hydrogen) atoms. The second-order valence-corrected chi connectivity index (χ2v) is 7.48. The van der Waals surface area contributed by atoms with Crippen molar-refractivity contribution in [3.8, 4) is 20.3 Å². The molecule has 0 fully saturated rings. The molecule has 0 aliphatic rings. The van der Waals surface area contributed by atoms with Crippen molar-refractivity contribution in [2.45, 2.75) is 0 Å². The van der Waals surface area contributed by atoms with Crippen molar-refractivity contribution in [3.05, 3.63) is 59.2 Å². The summed E-state index contributed by atoms with van der Waals surface area (Å²) in [4.78, 5) is 20.1. The van der Waals surface area contributed by atoms with Crippen LogP contribution in [0, 0.1) is 0 Å². The number of amides is 1. The van der Waals surface area contributed by atoms with Crippen molar-refractivity contribution in [2.24, 2.45) is 0 Å². The molecule has 0 aliphatic heterocycles. The molecule has 4 heterocycles. The SMILES string of the molecule is O=C(Nc1nc(-c2cccs2)c(-c2cccs2)s1)c1ccco1. The van der Waals surface area contributed by atoms with Gasteiger partial charge in [-0.1, -0.05) is 23.5 Å². The Bertz CT molecular complexity index is 855. The van der Waals surface area contributed by atoms with Gasteiger partial charge in [0.15, 0.2) is 10.9 Å². The van der Waals surface area contributed by atoms with E-state index >= 15 is 0 Å². The number of anilines is 1. The Hall–Kier alpha value is -2.22. The van der Waals surface area contributed by atoms with Gasteiger partial charge in [0, 0.05) is 4.88 Å². The van der Waals surface area contributed by atoms with Crippen molar-refractivity contribution >= 4 is 45.0 Å². The normalized spacial score (nSPS) is 10.8. The molecule has 0 saturated heterocycles. The molecular formula is C16H10N2O2S3. The Morgan fingerprint density at radius 3 is 2.48 bits per heavy atom. The van der Waals surface area contributed by atoms with Crippen LogP contribution in [0.4, 0.5) is 5.13 Å². The third-order valence-electron chi connectivity index (χ3n) is 3.09. The van der Waals surface area contributed by atoms with Crippen molar-refractivity contribution in [1.29, 1.82) is 0 Å². The number of carbonyl (C=O) groups is 1. The molecule has 0 spiro atoms. The quantitative estimate of drug-likeness (QED) is 0.528. The minimum atomic E-state index is -0.292. The highest BCUT2D eigenvalue weighted by atomic mass is 32.1. The average Bonchev–Trinajstić information content (AvgIpc) is 3.30. The van der Waals surface area contributed by atoms with Gasteiger partial charge in [-0.25, -0.2) is 4.98 Å². The number of thiazole rings is 1. The maximum absolute atomic E-state index is 12.1. The number of hydrogen-bond donors (Lipinski definition) is 1. The van der Waals surface area contributed by atoms with Crippen LogP contribution in [0.5, 0.6) is 0 Å². The van der Waals surface area contributed by atoms with Crippen LogP contribution >= 0.6 is 34.0 Å². The van der Waals surface area contributed by atoms with E-state index in [1.165, 1.54) is 17.6 Å². The van der Waals surface area contributed by atoms with Crippen LogP contribution in [0.25, 0.3) is 20.3 Å². The van der Waals surface area contributed by atoms with Gasteiger partial charge in [-0.15, -0.1) is 22.7 Å². The summed E-state index contributed by atoms with van der Waals surface area (Å²) in [6.45, 7) is 0. The van der Waals surface area contributed by atoms with Crippen molar-refractivity contribution in [3.63, 3.8) is 0 Å². The van der Waals surface area contributed by atoms with Crippen LogP contribution in [0.3, 0.4) is 0 Å². The first-order valence-corrected chi connectivity index (χ1v) is 9.32. The number of furan rings is 1. The standard InChI is InChI=1S/C16H10N2O2S3/c19-15(10-4-1-7-20-10)18-16-17-13(11-5-2-8-21-11)14(23-16)12-6-3-9-22-12/h1-9H,(H,17,18,19). The Balaban J connectivity index is 1.72. The lowest BCUT2D eigenvalue weighted by Crippen LogP contribution is -2.10. The van der Waals surface area contributed by atoms with Gasteiger partial charge in [0.2, 0.25) is 0 Å². The Morgan fingerprint density at radius 1 is 1.04 bits per heavy atom. The average molecular weight is 358 g/mol. The molecule has 0 aliphatic carbocycles. The first-order valence-electron chi connectivity index (χ1n) is 6.75. The number of carbonyl (C=O) groups excluding carboxylic acids is 1. The van der Waals surface area contributed by atoms with Crippen LogP contribution in [0.1, 0.15) is 10.6 Å². The summed E-state index contributed by atoms with van der Waals surface area (Å²) in [6.07, 6.45) is 1.48. The van der Waals surface area contributed by atoms with Crippen LogP contribution in [0.2, 0.25) is 0 Å². The van der Waals surface area contributed by atoms with Gasteiger partial charge >= 0.3 is 0 Å². The number of nitrogens with one attached hydrogen (secondary N) is 1. The third-order valence-corrected chi connectivity index (χ3v) is 5.99. The fourth-order valence-electron chi connectivity index (χ4n) is 2.10. The first-order chi connectivity index (χ1) is 11.3. The Kier molecular flexibility index (Phi) is 3.82. The first kappa shape index (κ1) is 14.4. The smallest absolute Gasteiger partial charge is 0.293 e. The second kappa shape index (κ2) is 6.11. The molecule has 0 radical (unpaired) electrons. The molecule has 4 aromatic rings. The highest BCUT2D eigenvalue weighted by molar-refractivity contribution is 7.24. The zero-order chi connectivity index (χ0) is 15.6. The molecule has 4 rings (SSSR count). The highest BCUT2D eigenvalue weighted by Crippen LogP contribution is 2.42. The van der Waals surface area contributed by atoms with Crippen LogP contribution in [-0.2, 0) is 0 Å². The number of rotatable bonds is 4. The molecule has 0 unspecified atom stereocenters. The van der Waals surface area contributed by atoms with E-state index in [9.17, 15) is 4.79 Å². The molecule has 0 saturated carbocycles. The second-order valence-electron chi connectivity index (χ2n) is 4.58. The largest absolute Gasteiger partial charge is 0.459 e. The van der Waals surface area contributed by atoms with Crippen LogP contribution < -0.4 is 5.32 Å². The molecular weight excluding hydrogens is 348 g/mol. The lowest BCUT2D eigenvalue weighted by molar-refractivity contribution is 0.0996. The number of aromatic nitrogens is 1. The minimum Gasteiger partial charge on any atom is -0.459 e. The molecule has 1 N–H and O–H groups in total. The van der Waals surface area contributed by atoms with Gasteiger partial charge in [-0.05, 0) is 35.0 Å². The van der Waals surface area contributed by atoms with Crippen molar-refractivity contribution < 1.29 is 9.21 Å². The number of thiophene rings is 2. The molecule has 4 aromatic heterocycles. The van der Waals surface area contributed by atoms with Gasteiger partial charge in [0.25, 0.3) is 5.91 Å². The van der Waals surface area contributed by atoms with Gasteiger partial charge in [-0.3, -0.25) is 10.1 Å². The van der Waals surface area contributed by atoms with E-state index in [0.29, 0.717) is 5.13 Å². The fraction of sp³-hybridized carbons (Fsp3) is 0. The van der Waals surface area contributed by atoms with E-state index in [4.69, 9.17) is 4.42 Å². The summed E-state index contributed by atoms with van der Waals surface area (Å²) >= 11 is 4.77. The zero-order valence-corrected chi connectivity index (χ0v) is 14.1. The van der Waals surface area contributed by atoms with E-state index in [0.717, 1.165) is 20.3 Å². The predicted molar refractivity (Wildman–Crippen MR) is 95.4 cm³/mol. The van der Waals surface area contributed by atoms with Gasteiger partial charge in [0.05, 0.1) is 16.0 Å². The van der Waals surface area contributed by atoms with Crippen LogP contribution in [0.15, 0.2) is 57.8 Å². The highest BCUT2D eigenvalue weighted by Gasteiger charge is 2.18. The molecule has 0 aromatic carbocycles. The fourth-order valence-corrected chi connectivity index (χ4v) is 4.71. The topological polar surface area (TPSA) is 55.1 Å². The molecule has 7 heteroatoms. The maximum atomic E-state index is 12.1. The molecule has 4 nitrogen and oxygen atoms in total. The summed E-state index contributed by atoms with van der Waals surface area (Å²) < 4.78 is 5.12. The maximum Gasteiger partial charge on any atom is 0.293 e. The summed E-state index contributed by atoms with van der Waals surface area (Å²) in [5, 5.41) is 7.44. The zero-order valence-electron chi connectivity index (χ0n) is 11.7. The molecule has 114 valence electrons. The number of nitrogens with zero attached hydrogens (tertiary/aromatic N) is 1. The third kappa shape index (κ3) is 2.86. The lowest BCUT2D eigenvalue weighted by Gasteiger charge is -1.96. The monoisotopic (exact) mass is 358 g/mol. The Labute approximate surface area is 144 Å². The van der Waals surface area contributed by atoms with Gasteiger partial charge < -0.3 is 4.42 Å². The van der Waals surface area contributed by atoms with Crippen LogP contribution in [-0.4, -0.2) is 10.9 Å². The summed E-state index contributed by atoms with van der Waals surface area (Å²) in [5.74, 6) is -0.0187. The van der Waals surface area contributed by atoms with Crippen molar-refractivity contribution in [2.75, 3.05) is 5.32 Å². The van der Waals surface area contributed by atoms with Gasteiger partial charge in [0.1, 0.15) is 5.69 Å². The summed E-state index contributed by atoms with van der Waals surface area (Å²) in [6, 6.07) is 11.4.